The molecule has 0 spiro atoms. The first-order chi connectivity index (χ1) is 10.1. The van der Waals surface area contributed by atoms with E-state index in [0.717, 1.165) is 5.56 Å². The van der Waals surface area contributed by atoms with Gasteiger partial charge in [-0.3, -0.25) is 9.59 Å². The molecule has 0 aromatic heterocycles. The van der Waals surface area contributed by atoms with Crippen molar-refractivity contribution in [2.24, 2.45) is 0 Å². The summed E-state index contributed by atoms with van der Waals surface area (Å²) in [5.41, 5.74) is 0.897. The van der Waals surface area contributed by atoms with Crippen molar-refractivity contribution < 1.29 is 24.2 Å². The lowest BCUT2D eigenvalue weighted by atomic mass is 10.1. The number of benzene rings is 1. The lowest BCUT2D eigenvalue weighted by Gasteiger charge is -2.24. The monoisotopic (exact) mass is 311 g/mol. The molecule has 1 saturated heterocycles. The highest BCUT2D eigenvalue weighted by Crippen LogP contribution is 2.41. The number of thioether (sulfide) groups is 1. The van der Waals surface area contributed by atoms with Crippen molar-refractivity contribution in [1.29, 1.82) is 0 Å². The Morgan fingerprint density at radius 2 is 2.10 bits per heavy atom. The number of carboxylic acids is 1. The van der Waals surface area contributed by atoms with Crippen molar-refractivity contribution >= 4 is 23.6 Å². The molecule has 0 saturated carbocycles. The summed E-state index contributed by atoms with van der Waals surface area (Å²) in [6, 6.07) is 5.47. The number of rotatable bonds is 6. The van der Waals surface area contributed by atoms with Crippen LogP contribution in [0.2, 0.25) is 0 Å². The predicted molar refractivity (Wildman–Crippen MR) is 78.7 cm³/mol. The van der Waals surface area contributed by atoms with E-state index in [0.29, 0.717) is 17.3 Å². The number of carboxylic acid groups (broad SMARTS) is 1. The van der Waals surface area contributed by atoms with Gasteiger partial charge in [-0.05, 0) is 17.7 Å². The molecule has 1 aliphatic rings. The highest BCUT2D eigenvalue weighted by molar-refractivity contribution is 8.00. The fraction of sp³-hybridized carbons (Fsp3) is 0.429. The van der Waals surface area contributed by atoms with E-state index >= 15 is 0 Å². The molecule has 1 N–H and O–H groups in total. The van der Waals surface area contributed by atoms with Crippen LogP contribution in [0.1, 0.15) is 17.4 Å². The number of ether oxygens (including phenoxy) is 2. The summed E-state index contributed by atoms with van der Waals surface area (Å²) in [6.45, 7) is 0.209. The van der Waals surface area contributed by atoms with Crippen LogP contribution in [0.5, 0.6) is 11.5 Å². The second-order valence-corrected chi connectivity index (χ2v) is 5.58. The van der Waals surface area contributed by atoms with Crippen LogP contribution in [0.25, 0.3) is 0 Å². The van der Waals surface area contributed by atoms with Crippen LogP contribution in [-0.2, 0) is 9.59 Å². The molecule has 21 heavy (non-hydrogen) atoms. The molecule has 114 valence electrons. The Bertz CT molecular complexity index is 548. The van der Waals surface area contributed by atoms with Crippen LogP contribution in [0.4, 0.5) is 0 Å². The maximum atomic E-state index is 11.9. The molecule has 1 aromatic rings. The van der Waals surface area contributed by atoms with E-state index in [1.165, 1.54) is 11.8 Å². The Labute approximate surface area is 127 Å². The van der Waals surface area contributed by atoms with Gasteiger partial charge in [-0.25, -0.2) is 0 Å². The second-order valence-electron chi connectivity index (χ2n) is 4.51. The molecule has 0 radical (unpaired) electrons. The van der Waals surface area contributed by atoms with Gasteiger partial charge >= 0.3 is 5.97 Å². The number of aliphatic carboxylic acids is 1. The zero-order valence-electron chi connectivity index (χ0n) is 11.9. The Kier molecular flexibility index (Phi) is 4.95. The summed E-state index contributed by atoms with van der Waals surface area (Å²) in [5.74, 6) is 0.617. The summed E-state index contributed by atoms with van der Waals surface area (Å²) in [7, 11) is 3.11. The fourth-order valence-corrected chi connectivity index (χ4v) is 3.40. The van der Waals surface area contributed by atoms with E-state index < -0.39 is 5.97 Å². The lowest BCUT2D eigenvalue weighted by molar-refractivity contribution is -0.138. The van der Waals surface area contributed by atoms with Crippen LogP contribution in [0, 0.1) is 0 Å². The van der Waals surface area contributed by atoms with Gasteiger partial charge in [0.2, 0.25) is 5.91 Å². The van der Waals surface area contributed by atoms with E-state index in [-0.39, 0.29) is 24.2 Å². The molecule has 0 aliphatic carbocycles. The number of carbonyl (C=O) groups excluding carboxylic acids is 1. The molecule has 1 heterocycles. The maximum absolute atomic E-state index is 11.9. The molecule has 1 unspecified atom stereocenters. The number of methoxy groups -OCH3 is 2. The molecule has 7 heteroatoms. The Morgan fingerprint density at radius 1 is 1.38 bits per heavy atom. The lowest BCUT2D eigenvalue weighted by Crippen LogP contribution is -2.30. The number of amides is 1. The van der Waals surface area contributed by atoms with Gasteiger partial charge in [0.05, 0.1) is 26.4 Å². The highest BCUT2D eigenvalue weighted by Gasteiger charge is 2.33. The summed E-state index contributed by atoms with van der Waals surface area (Å²) in [4.78, 5) is 24.2. The summed E-state index contributed by atoms with van der Waals surface area (Å²) < 4.78 is 10.5. The normalized spacial score (nSPS) is 17.9. The van der Waals surface area contributed by atoms with Gasteiger partial charge < -0.3 is 19.5 Å². The van der Waals surface area contributed by atoms with Crippen LogP contribution in [0.15, 0.2) is 18.2 Å². The first-order valence-electron chi connectivity index (χ1n) is 6.41. The molecule has 2 rings (SSSR count). The van der Waals surface area contributed by atoms with E-state index in [9.17, 15) is 9.59 Å². The molecular weight excluding hydrogens is 294 g/mol. The van der Waals surface area contributed by atoms with Gasteiger partial charge in [-0.15, -0.1) is 11.8 Å². The minimum Gasteiger partial charge on any atom is -0.493 e. The van der Waals surface area contributed by atoms with Gasteiger partial charge in [0.15, 0.2) is 11.5 Å². The van der Waals surface area contributed by atoms with Gasteiger partial charge in [-0.1, -0.05) is 6.07 Å². The zero-order valence-corrected chi connectivity index (χ0v) is 12.7. The SMILES string of the molecule is COc1ccc(C2SCC(=O)N2CCC(=O)O)cc1OC. The predicted octanol–water partition coefficient (Wildman–Crippen LogP) is 1.75. The smallest absolute Gasteiger partial charge is 0.305 e. The van der Waals surface area contributed by atoms with Gasteiger partial charge in [0.25, 0.3) is 0 Å². The second kappa shape index (κ2) is 6.71. The van der Waals surface area contributed by atoms with Gasteiger partial charge in [0, 0.05) is 6.54 Å². The third-order valence-corrected chi connectivity index (χ3v) is 4.48. The van der Waals surface area contributed by atoms with Crippen molar-refractivity contribution in [3.05, 3.63) is 23.8 Å². The highest BCUT2D eigenvalue weighted by atomic mass is 32.2. The largest absolute Gasteiger partial charge is 0.493 e. The quantitative estimate of drug-likeness (QED) is 0.862. The maximum Gasteiger partial charge on any atom is 0.305 e. The van der Waals surface area contributed by atoms with E-state index in [1.54, 1.807) is 25.2 Å². The Morgan fingerprint density at radius 3 is 2.71 bits per heavy atom. The number of hydrogen-bond donors (Lipinski definition) is 1. The van der Waals surface area contributed by atoms with Crippen LogP contribution < -0.4 is 9.47 Å². The molecule has 1 aliphatic heterocycles. The summed E-state index contributed by atoms with van der Waals surface area (Å²) in [6.07, 6.45) is -0.0594. The van der Waals surface area contributed by atoms with Crippen molar-refractivity contribution in [3.63, 3.8) is 0 Å². The van der Waals surface area contributed by atoms with E-state index in [4.69, 9.17) is 14.6 Å². The average molecular weight is 311 g/mol. The zero-order chi connectivity index (χ0) is 15.4. The minimum atomic E-state index is -0.911. The van der Waals surface area contributed by atoms with Crippen molar-refractivity contribution in [2.75, 3.05) is 26.5 Å². The average Bonchev–Trinajstić information content (AvgIpc) is 2.85. The van der Waals surface area contributed by atoms with E-state index in [2.05, 4.69) is 0 Å². The molecule has 1 fully saturated rings. The molecule has 1 amide bonds. The minimum absolute atomic E-state index is 0.0407. The third-order valence-electron chi connectivity index (χ3n) is 3.23. The van der Waals surface area contributed by atoms with E-state index in [1.807, 2.05) is 12.1 Å². The molecule has 6 nitrogen and oxygen atoms in total. The van der Waals surface area contributed by atoms with Crippen LogP contribution >= 0.6 is 11.8 Å². The van der Waals surface area contributed by atoms with Crippen molar-refractivity contribution in [3.8, 4) is 11.5 Å². The topological polar surface area (TPSA) is 76.1 Å². The number of carbonyl (C=O) groups is 2. The molecule has 1 aromatic carbocycles. The number of nitrogens with zero attached hydrogens (tertiary/aromatic N) is 1. The Balaban J connectivity index is 2.22. The van der Waals surface area contributed by atoms with Gasteiger partial charge in [-0.2, -0.15) is 0 Å². The summed E-state index contributed by atoms with van der Waals surface area (Å²) in [5, 5.41) is 8.60. The Hall–Kier alpha value is -1.89. The summed E-state index contributed by atoms with van der Waals surface area (Å²) >= 11 is 1.48. The first-order valence-corrected chi connectivity index (χ1v) is 7.46. The van der Waals surface area contributed by atoms with Crippen LogP contribution in [0.3, 0.4) is 0 Å². The van der Waals surface area contributed by atoms with Crippen LogP contribution in [-0.4, -0.2) is 48.4 Å². The molecule has 1 atom stereocenters. The number of hydrogen-bond acceptors (Lipinski definition) is 5. The fourth-order valence-electron chi connectivity index (χ4n) is 2.19. The standard InChI is InChI=1S/C14H17NO5S/c1-19-10-4-3-9(7-11(10)20-2)14-15(6-5-13(17)18)12(16)8-21-14/h3-4,7,14H,5-6,8H2,1-2H3,(H,17,18). The van der Waals surface area contributed by atoms with Gasteiger partial charge in [0.1, 0.15) is 5.37 Å². The molecule has 0 bridgehead atoms. The first kappa shape index (κ1) is 15.5. The van der Waals surface area contributed by atoms with Crippen molar-refractivity contribution in [2.45, 2.75) is 11.8 Å². The molecular formula is C14H17NO5S. The third kappa shape index (κ3) is 3.41. The van der Waals surface area contributed by atoms with Crippen molar-refractivity contribution in [1.82, 2.24) is 4.90 Å².